The van der Waals surface area contributed by atoms with Gasteiger partial charge < -0.3 is 20.9 Å². The highest BCUT2D eigenvalue weighted by Crippen LogP contribution is 2.06. The molecule has 0 fully saturated rings. The molecular weight excluding hydrogens is 298 g/mol. The molecule has 0 saturated carbocycles. The Bertz CT molecular complexity index is 431. The van der Waals surface area contributed by atoms with E-state index in [2.05, 4.69) is 10.2 Å². The van der Waals surface area contributed by atoms with Crippen LogP contribution in [0, 0.1) is 0 Å². The second kappa shape index (κ2) is 8.82. The van der Waals surface area contributed by atoms with E-state index in [1.165, 1.54) is 0 Å². The molecule has 0 aliphatic carbocycles. The van der Waals surface area contributed by atoms with Gasteiger partial charge in [0, 0.05) is 6.42 Å². The average Bonchev–Trinajstić information content (AvgIpc) is 2.31. The van der Waals surface area contributed by atoms with E-state index in [1.807, 2.05) is 5.48 Å². The smallest absolute Gasteiger partial charge is 0.431 e. The molecule has 22 heavy (non-hydrogen) atoms. The van der Waals surface area contributed by atoms with E-state index in [1.54, 1.807) is 20.8 Å². The standard InChI is InChI=1S/C12H21N3O7/c1-12(2,3)22-11(20)15-21-6-9(17)14-7(10(18)19)4-5-8(13)16/h7H,4-6H2,1-3H3,(H2,13,16)(H,14,17)(H,15,20)(H,18,19)/t7-/m0/s1. The minimum absolute atomic E-state index is 0.143. The molecule has 3 amide bonds. The number of amides is 3. The summed E-state index contributed by atoms with van der Waals surface area (Å²) in [6.45, 7) is 4.33. The van der Waals surface area contributed by atoms with Gasteiger partial charge in [-0.15, -0.1) is 0 Å². The quantitative estimate of drug-likeness (QED) is 0.430. The molecule has 0 aliphatic heterocycles. The average molecular weight is 319 g/mol. The Morgan fingerprint density at radius 2 is 1.82 bits per heavy atom. The van der Waals surface area contributed by atoms with Crippen LogP contribution in [0.15, 0.2) is 0 Å². The third kappa shape index (κ3) is 10.4. The molecule has 0 aliphatic rings. The largest absolute Gasteiger partial charge is 0.480 e. The lowest BCUT2D eigenvalue weighted by Crippen LogP contribution is -2.44. The van der Waals surface area contributed by atoms with Crippen LogP contribution >= 0.6 is 0 Å². The van der Waals surface area contributed by atoms with Crippen LogP contribution in [0.3, 0.4) is 0 Å². The summed E-state index contributed by atoms with van der Waals surface area (Å²) in [5.74, 6) is -2.77. The van der Waals surface area contributed by atoms with Crippen molar-refractivity contribution >= 4 is 23.9 Å². The summed E-state index contributed by atoms with van der Waals surface area (Å²) in [4.78, 5) is 48.8. The van der Waals surface area contributed by atoms with Crippen LogP contribution in [-0.2, 0) is 24.0 Å². The summed E-state index contributed by atoms with van der Waals surface area (Å²) in [6, 6.07) is -1.27. The van der Waals surface area contributed by atoms with Crippen molar-refractivity contribution in [3.8, 4) is 0 Å². The maximum absolute atomic E-state index is 11.5. The van der Waals surface area contributed by atoms with E-state index in [4.69, 9.17) is 15.6 Å². The Morgan fingerprint density at radius 1 is 1.23 bits per heavy atom. The molecular formula is C12H21N3O7. The molecule has 10 heteroatoms. The summed E-state index contributed by atoms with van der Waals surface area (Å²) in [5, 5.41) is 11.0. The SMILES string of the molecule is CC(C)(C)OC(=O)NOCC(=O)N[C@@H](CCC(N)=O)C(=O)O. The number of nitrogens with two attached hydrogens (primary N) is 1. The van der Waals surface area contributed by atoms with Gasteiger partial charge in [0.05, 0.1) is 0 Å². The minimum Gasteiger partial charge on any atom is -0.480 e. The molecule has 0 aromatic carbocycles. The van der Waals surface area contributed by atoms with Crippen LogP contribution in [0.4, 0.5) is 4.79 Å². The van der Waals surface area contributed by atoms with Crippen LogP contribution in [0.25, 0.3) is 0 Å². The molecule has 0 spiro atoms. The van der Waals surface area contributed by atoms with Crippen molar-refractivity contribution in [1.29, 1.82) is 0 Å². The second-order valence-corrected chi connectivity index (χ2v) is 5.36. The van der Waals surface area contributed by atoms with Crippen LogP contribution in [-0.4, -0.2) is 47.2 Å². The zero-order chi connectivity index (χ0) is 17.3. The Morgan fingerprint density at radius 3 is 2.27 bits per heavy atom. The molecule has 0 aromatic heterocycles. The third-order valence-electron chi connectivity index (χ3n) is 2.07. The Kier molecular flexibility index (Phi) is 7.88. The first-order valence-electron chi connectivity index (χ1n) is 6.42. The number of rotatable bonds is 8. The third-order valence-corrected chi connectivity index (χ3v) is 2.07. The number of hydroxylamine groups is 1. The van der Waals surface area contributed by atoms with E-state index in [-0.39, 0.29) is 12.8 Å². The molecule has 10 nitrogen and oxygen atoms in total. The van der Waals surface area contributed by atoms with Crippen molar-refractivity contribution in [2.45, 2.75) is 45.3 Å². The van der Waals surface area contributed by atoms with Gasteiger partial charge in [-0.3, -0.25) is 14.4 Å². The van der Waals surface area contributed by atoms with Crippen LogP contribution in [0.5, 0.6) is 0 Å². The number of carbonyl (C=O) groups is 4. The highest BCUT2D eigenvalue weighted by atomic mass is 16.7. The highest BCUT2D eigenvalue weighted by Gasteiger charge is 2.21. The number of ether oxygens (including phenoxy) is 1. The highest BCUT2D eigenvalue weighted by molar-refractivity contribution is 5.85. The number of hydrogen-bond donors (Lipinski definition) is 4. The fourth-order valence-corrected chi connectivity index (χ4v) is 1.24. The molecule has 0 radical (unpaired) electrons. The maximum atomic E-state index is 11.5. The number of primary amides is 1. The first-order valence-corrected chi connectivity index (χ1v) is 6.42. The lowest BCUT2D eigenvalue weighted by molar-refractivity contribution is -0.143. The molecule has 126 valence electrons. The van der Waals surface area contributed by atoms with Crippen molar-refractivity contribution < 1.29 is 33.9 Å². The molecule has 1 atom stereocenters. The Hall–Kier alpha value is -2.36. The van der Waals surface area contributed by atoms with E-state index in [0.29, 0.717) is 0 Å². The van der Waals surface area contributed by atoms with Crippen LogP contribution in [0.2, 0.25) is 0 Å². The predicted molar refractivity (Wildman–Crippen MR) is 73.3 cm³/mol. The van der Waals surface area contributed by atoms with Crippen molar-refractivity contribution in [1.82, 2.24) is 10.8 Å². The van der Waals surface area contributed by atoms with Crippen molar-refractivity contribution in [3.63, 3.8) is 0 Å². The van der Waals surface area contributed by atoms with Gasteiger partial charge in [0.2, 0.25) is 11.8 Å². The van der Waals surface area contributed by atoms with E-state index in [9.17, 15) is 19.2 Å². The Balaban J connectivity index is 4.12. The fourth-order valence-electron chi connectivity index (χ4n) is 1.24. The van der Waals surface area contributed by atoms with Gasteiger partial charge in [-0.1, -0.05) is 0 Å². The van der Waals surface area contributed by atoms with E-state index in [0.717, 1.165) is 0 Å². The summed E-state index contributed by atoms with van der Waals surface area (Å²) in [5.41, 5.74) is 6.06. The lowest BCUT2D eigenvalue weighted by Gasteiger charge is -2.19. The van der Waals surface area contributed by atoms with E-state index < -0.39 is 42.1 Å². The summed E-state index contributed by atoms with van der Waals surface area (Å²) >= 11 is 0. The molecule has 0 bridgehead atoms. The van der Waals surface area contributed by atoms with Gasteiger partial charge >= 0.3 is 12.1 Å². The fraction of sp³-hybridized carbons (Fsp3) is 0.667. The first kappa shape index (κ1) is 19.6. The van der Waals surface area contributed by atoms with Crippen LogP contribution < -0.4 is 16.5 Å². The summed E-state index contributed by atoms with van der Waals surface area (Å²) < 4.78 is 4.85. The number of carboxylic acids is 1. The topological polar surface area (TPSA) is 157 Å². The van der Waals surface area contributed by atoms with Crippen molar-refractivity contribution in [2.24, 2.45) is 5.73 Å². The summed E-state index contributed by atoms with van der Waals surface area (Å²) in [7, 11) is 0. The minimum atomic E-state index is -1.31. The molecule has 0 saturated heterocycles. The number of aliphatic carboxylic acids is 1. The zero-order valence-electron chi connectivity index (χ0n) is 12.7. The lowest BCUT2D eigenvalue weighted by atomic mass is 10.1. The second-order valence-electron chi connectivity index (χ2n) is 5.36. The first-order chi connectivity index (χ1) is 10.0. The van der Waals surface area contributed by atoms with Gasteiger partial charge in [0.25, 0.3) is 0 Å². The van der Waals surface area contributed by atoms with Crippen LogP contribution in [0.1, 0.15) is 33.6 Å². The number of nitrogens with one attached hydrogen (secondary N) is 2. The van der Waals surface area contributed by atoms with Gasteiger partial charge in [0.15, 0.2) is 6.61 Å². The monoisotopic (exact) mass is 319 g/mol. The van der Waals surface area contributed by atoms with Gasteiger partial charge in [0.1, 0.15) is 11.6 Å². The van der Waals surface area contributed by atoms with E-state index >= 15 is 0 Å². The van der Waals surface area contributed by atoms with Gasteiger partial charge in [-0.25, -0.2) is 9.59 Å². The van der Waals surface area contributed by atoms with Gasteiger partial charge in [-0.05, 0) is 27.2 Å². The predicted octanol–water partition coefficient (Wildman–Crippen LogP) is -0.722. The molecule has 0 rings (SSSR count). The Labute approximate surface area is 127 Å². The molecule has 0 aromatic rings. The summed E-state index contributed by atoms with van der Waals surface area (Å²) in [6.07, 6.45) is -1.21. The normalized spacial score (nSPS) is 12.1. The molecule has 0 heterocycles. The number of carbonyl (C=O) groups excluding carboxylic acids is 3. The van der Waals surface area contributed by atoms with Gasteiger partial charge in [-0.2, -0.15) is 5.48 Å². The molecule has 5 N–H and O–H groups in total. The number of carboxylic acid groups (broad SMARTS) is 1. The maximum Gasteiger partial charge on any atom is 0.431 e. The zero-order valence-corrected chi connectivity index (χ0v) is 12.7. The molecule has 0 unspecified atom stereocenters. The van der Waals surface area contributed by atoms with Crippen molar-refractivity contribution in [3.05, 3.63) is 0 Å². The number of hydrogen-bond acceptors (Lipinski definition) is 6. The van der Waals surface area contributed by atoms with Crippen molar-refractivity contribution in [2.75, 3.05) is 6.61 Å².